The molecular formula is C16H18BrN3O. The van der Waals surface area contributed by atoms with Gasteiger partial charge in [-0.3, -0.25) is 0 Å². The number of nitrogens with zero attached hydrogens (tertiary/aromatic N) is 2. The maximum Gasteiger partial charge on any atom is 0.173 e. The number of halogens is 1. The van der Waals surface area contributed by atoms with Crippen LogP contribution in [0, 0.1) is 0 Å². The Morgan fingerprint density at radius 1 is 1.33 bits per heavy atom. The third kappa shape index (κ3) is 2.76. The molecule has 0 amide bonds. The summed E-state index contributed by atoms with van der Waals surface area (Å²) in [6, 6.07) is 10.4. The average Bonchev–Trinajstić information content (AvgIpc) is 3.04. The highest BCUT2D eigenvalue weighted by Gasteiger charge is 2.19. The highest BCUT2D eigenvalue weighted by Crippen LogP contribution is 2.27. The molecule has 0 bridgehead atoms. The van der Waals surface area contributed by atoms with Crippen molar-refractivity contribution in [1.29, 1.82) is 0 Å². The number of furan rings is 1. The first-order chi connectivity index (χ1) is 10.2. The summed E-state index contributed by atoms with van der Waals surface area (Å²) in [6.07, 6.45) is 2.52. The second kappa shape index (κ2) is 6.03. The number of hydrogen-bond donors (Lipinski definition) is 1. The van der Waals surface area contributed by atoms with E-state index < -0.39 is 0 Å². The summed E-state index contributed by atoms with van der Waals surface area (Å²) >= 11 is 3.47. The summed E-state index contributed by atoms with van der Waals surface area (Å²) in [7, 11) is 2.07. The molecule has 4 nitrogen and oxygen atoms in total. The molecule has 3 aromatic rings. The van der Waals surface area contributed by atoms with Crippen LogP contribution < -0.4 is 5.32 Å². The summed E-state index contributed by atoms with van der Waals surface area (Å²) in [5, 5.41) is 3.50. The number of fused-ring (bicyclic) bond motifs is 1. The number of aryl methyl sites for hydroxylation is 1. The van der Waals surface area contributed by atoms with Gasteiger partial charge in [-0.2, -0.15) is 0 Å². The number of imidazole rings is 1. The van der Waals surface area contributed by atoms with Crippen molar-refractivity contribution in [2.75, 3.05) is 6.54 Å². The SMILES string of the molecule is CCNC(Cc1nc2ccccc2n1C)c1ccoc1Br. The van der Waals surface area contributed by atoms with Crippen LogP contribution in [0.5, 0.6) is 0 Å². The van der Waals surface area contributed by atoms with E-state index in [4.69, 9.17) is 9.40 Å². The number of aromatic nitrogens is 2. The highest BCUT2D eigenvalue weighted by molar-refractivity contribution is 9.10. The summed E-state index contributed by atoms with van der Waals surface area (Å²) in [5.41, 5.74) is 3.33. The smallest absolute Gasteiger partial charge is 0.173 e. The van der Waals surface area contributed by atoms with E-state index in [0.29, 0.717) is 0 Å². The Morgan fingerprint density at radius 3 is 2.81 bits per heavy atom. The van der Waals surface area contributed by atoms with Crippen LogP contribution in [0.4, 0.5) is 0 Å². The van der Waals surface area contributed by atoms with Crippen molar-refractivity contribution in [3.8, 4) is 0 Å². The summed E-state index contributed by atoms with van der Waals surface area (Å²) < 4.78 is 8.31. The summed E-state index contributed by atoms with van der Waals surface area (Å²) in [4.78, 5) is 4.75. The third-order valence-electron chi connectivity index (χ3n) is 3.74. The van der Waals surface area contributed by atoms with E-state index in [1.54, 1.807) is 6.26 Å². The molecule has 110 valence electrons. The maximum absolute atomic E-state index is 5.37. The van der Waals surface area contributed by atoms with E-state index in [1.807, 2.05) is 18.2 Å². The molecule has 0 aliphatic rings. The zero-order valence-electron chi connectivity index (χ0n) is 12.1. The van der Waals surface area contributed by atoms with E-state index in [1.165, 1.54) is 0 Å². The molecule has 0 saturated carbocycles. The normalized spacial score (nSPS) is 12.9. The van der Waals surface area contributed by atoms with Crippen molar-refractivity contribution in [3.05, 3.63) is 52.7 Å². The van der Waals surface area contributed by atoms with E-state index in [9.17, 15) is 0 Å². The van der Waals surface area contributed by atoms with Crippen LogP contribution in [0.3, 0.4) is 0 Å². The fourth-order valence-electron chi connectivity index (χ4n) is 2.65. The molecule has 3 rings (SSSR count). The molecule has 21 heavy (non-hydrogen) atoms. The van der Waals surface area contributed by atoms with Crippen LogP contribution in [-0.2, 0) is 13.5 Å². The molecule has 0 spiro atoms. The van der Waals surface area contributed by atoms with Crippen LogP contribution in [0.15, 0.2) is 45.7 Å². The molecule has 2 heterocycles. The standard InChI is InChI=1S/C16H18BrN3O/c1-3-18-13(11-8-9-21-16(11)17)10-15-19-12-6-4-5-7-14(12)20(15)2/h4-9,13,18H,3,10H2,1-2H3. The molecule has 0 aliphatic heterocycles. The first-order valence-electron chi connectivity index (χ1n) is 7.07. The summed E-state index contributed by atoms with van der Waals surface area (Å²) in [5.74, 6) is 1.07. The Morgan fingerprint density at radius 2 is 2.14 bits per heavy atom. The second-order valence-electron chi connectivity index (χ2n) is 5.04. The van der Waals surface area contributed by atoms with Gasteiger partial charge in [0.15, 0.2) is 4.67 Å². The Kier molecular flexibility index (Phi) is 4.12. The van der Waals surface area contributed by atoms with E-state index >= 15 is 0 Å². The van der Waals surface area contributed by atoms with Crippen LogP contribution in [-0.4, -0.2) is 16.1 Å². The molecular weight excluding hydrogens is 330 g/mol. The molecule has 1 N–H and O–H groups in total. The van der Waals surface area contributed by atoms with Gasteiger partial charge in [0.1, 0.15) is 5.82 Å². The Labute approximate surface area is 132 Å². The van der Waals surface area contributed by atoms with E-state index in [-0.39, 0.29) is 6.04 Å². The molecule has 1 atom stereocenters. The lowest BCUT2D eigenvalue weighted by molar-refractivity contribution is 0.498. The van der Waals surface area contributed by atoms with E-state index in [0.717, 1.165) is 40.1 Å². The van der Waals surface area contributed by atoms with Gasteiger partial charge in [-0.05, 0) is 40.7 Å². The quantitative estimate of drug-likeness (QED) is 0.762. The minimum atomic E-state index is 0.179. The number of para-hydroxylation sites is 2. The Hall–Kier alpha value is -1.59. The van der Waals surface area contributed by atoms with Crippen molar-refractivity contribution < 1.29 is 4.42 Å². The van der Waals surface area contributed by atoms with Gasteiger partial charge in [0, 0.05) is 25.1 Å². The Bertz CT molecular complexity index is 747. The number of rotatable bonds is 5. The number of benzene rings is 1. The van der Waals surface area contributed by atoms with Crippen molar-refractivity contribution in [3.63, 3.8) is 0 Å². The van der Waals surface area contributed by atoms with Gasteiger partial charge in [0.05, 0.1) is 17.3 Å². The van der Waals surface area contributed by atoms with Crippen LogP contribution in [0.2, 0.25) is 0 Å². The fourth-order valence-corrected chi connectivity index (χ4v) is 3.17. The molecule has 0 radical (unpaired) electrons. The maximum atomic E-state index is 5.37. The predicted molar refractivity (Wildman–Crippen MR) is 87.2 cm³/mol. The lowest BCUT2D eigenvalue weighted by Gasteiger charge is -2.16. The first-order valence-corrected chi connectivity index (χ1v) is 7.86. The van der Waals surface area contributed by atoms with E-state index in [2.05, 4.69) is 51.9 Å². The number of likely N-dealkylation sites (N-methyl/N-ethyl adjacent to an activating group) is 1. The monoisotopic (exact) mass is 347 g/mol. The van der Waals surface area contributed by atoms with Gasteiger partial charge in [-0.1, -0.05) is 19.1 Å². The molecule has 1 unspecified atom stereocenters. The average molecular weight is 348 g/mol. The van der Waals surface area contributed by atoms with Gasteiger partial charge in [0.2, 0.25) is 0 Å². The molecule has 5 heteroatoms. The van der Waals surface area contributed by atoms with Crippen molar-refractivity contribution in [2.45, 2.75) is 19.4 Å². The van der Waals surface area contributed by atoms with Crippen LogP contribution in [0.1, 0.15) is 24.4 Å². The van der Waals surface area contributed by atoms with Crippen molar-refractivity contribution in [1.82, 2.24) is 14.9 Å². The molecule has 0 saturated heterocycles. The Balaban J connectivity index is 1.94. The largest absolute Gasteiger partial charge is 0.457 e. The van der Waals surface area contributed by atoms with Crippen molar-refractivity contribution >= 4 is 27.0 Å². The second-order valence-corrected chi connectivity index (χ2v) is 5.76. The minimum absolute atomic E-state index is 0.179. The number of nitrogens with one attached hydrogen (secondary N) is 1. The zero-order chi connectivity index (χ0) is 14.8. The third-order valence-corrected chi connectivity index (χ3v) is 4.38. The van der Waals surface area contributed by atoms with Crippen molar-refractivity contribution in [2.24, 2.45) is 7.05 Å². The summed E-state index contributed by atoms with van der Waals surface area (Å²) in [6.45, 7) is 3.00. The minimum Gasteiger partial charge on any atom is -0.457 e. The lowest BCUT2D eigenvalue weighted by Crippen LogP contribution is -2.24. The van der Waals surface area contributed by atoms with Gasteiger partial charge < -0.3 is 14.3 Å². The zero-order valence-corrected chi connectivity index (χ0v) is 13.7. The molecule has 2 aromatic heterocycles. The molecule has 1 aromatic carbocycles. The lowest BCUT2D eigenvalue weighted by atomic mass is 10.1. The predicted octanol–water partition coefficient (Wildman–Crippen LogP) is 3.82. The molecule has 0 aliphatic carbocycles. The number of hydrogen-bond acceptors (Lipinski definition) is 3. The van der Waals surface area contributed by atoms with Gasteiger partial charge in [-0.25, -0.2) is 4.98 Å². The molecule has 0 fully saturated rings. The van der Waals surface area contributed by atoms with Crippen LogP contribution in [0.25, 0.3) is 11.0 Å². The van der Waals surface area contributed by atoms with Gasteiger partial charge >= 0.3 is 0 Å². The topological polar surface area (TPSA) is 43.0 Å². The van der Waals surface area contributed by atoms with Gasteiger partial charge in [-0.15, -0.1) is 0 Å². The van der Waals surface area contributed by atoms with Gasteiger partial charge in [0.25, 0.3) is 0 Å². The first kappa shape index (κ1) is 14.4. The van der Waals surface area contributed by atoms with Crippen LogP contribution >= 0.6 is 15.9 Å². The fraction of sp³-hybridized carbons (Fsp3) is 0.312. The highest BCUT2D eigenvalue weighted by atomic mass is 79.9.